The molecule has 0 spiro atoms. The average molecular weight is 660 g/mol. The predicted octanol–water partition coefficient (Wildman–Crippen LogP) is -1.27. The number of phosphoric acid groups is 1. The minimum atomic E-state index is -5.14. The van der Waals surface area contributed by atoms with Gasteiger partial charge in [0.25, 0.3) is 0 Å². The highest BCUT2D eigenvalue weighted by atomic mass is 31.2. The van der Waals surface area contributed by atoms with Crippen molar-refractivity contribution in [1.82, 2.24) is 24.8 Å². The van der Waals surface area contributed by atoms with Gasteiger partial charge in [-0.05, 0) is 0 Å². The Morgan fingerprint density at radius 3 is 2.64 bits per heavy atom. The number of nitrogens with zero attached hydrogens (tertiary/aromatic N) is 4. The van der Waals surface area contributed by atoms with Gasteiger partial charge in [0, 0.05) is 18.4 Å². The summed E-state index contributed by atoms with van der Waals surface area (Å²) in [5, 5.41) is 23.4. The van der Waals surface area contributed by atoms with Gasteiger partial charge in [-0.1, -0.05) is 13.8 Å². The molecule has 7 unspecified atom stereocenters. The van der Waals surface area contributed by atoms with Crippen molar-refractivity contribution in [2.45, 2.75) is 50.9 Å². The normalized spacial score (nSPS) is 23.5. The number of anilines is 1. The molecule has 1 fully saturated rings. The summed E-state index contributed by atoms with van der Waals surface area (Å²) in [5.41, 5.74) is 4.87. The fourth-order valence-corrected chi connectivity index (χ4v) is 5.83. The molecule has 3 rings (SSSR count). The molecule has 3 heterocycles. The third-order valence-corrected chi connectivity index (χ3v) is 8.17. The molecule has 20 nitrogen and oxygen atoms in total. The lowest BCUT2D eigenvalue weighted by molar-refractivity contribution is -0.136. The number of ether oxygens (including phenoxy) is 1. The maximum Gasteiger partial charge on any atom is 0.470 e. The third kappa shape index (κ3) is 9.07. The van der Waals surface area contributed by atoms with Crippen LogP contribution in [-0.2, 0) is 36.8 Å². The number of aliphatic hydroxyl groups excluding tert-OH is 2. The van der Waals surface area contributed by atoms with Crippen LogP contribution in [0.2, 0.25) is 0 Å². The summed E-state index contributed by atoms with van der Waals surface area (Å²) < 4.78 is 38.3. The van der Waals surface area contributed by atoms with Crippen LogP contribution in [0.15, 0.2) is 12.7 Å². The predicted molar refractivity (Wildman–Crippen MR) is 141 cm³/mol. The third-order valence-electron chi connectivity index (χ3n) is 5.82. The van der Waals surface area contributed by atoms with Crippen molar-refractivity contribution < 1.29 is 66.6 Å². The van der Waals surface area contributed by atoms with Crippen molar-refractivity contribution in [2.24, 2.45) is 5.41 Å². The van der Waals surface area contributed by atoms with Gasteiger partial charge >= 0.3 is 25.0 Å². The molecule has 2 aromatic heterocycles. The minimum absolute atomic E-state index is 0.0305. The highest BCUT2D eigenvalue weighted by Crippen LogP contribution is 2.51. The van der Waals surface area contributed by atoms with E-state index in [2.05, 4.69) is 20.3 Å². The highest BCUT2D eigenvalue weighted by molar-refractivity contribution is 7.54. The summed E-state index contributed by atoms with van der Waals surface area (Å²) in [5.74, 6) is -0.721. The lowest BCUT2D eigenvalue weighted by Gasteiger charge is -2.29. The van der Waals surface area contributed by atoms with Crippen LogP contribution in [0.5, 0.6) is 0 Å². The van der Waals surface area contributed by atoms with Crippen molar-refractivity contribution in [1.29, 1.82) is 0 Å². The number of aromatic nitrogens is 4. The van der Waals surface area contributed by atoms with Crippen molar-refractivity contribution in [3.8, 4) is 0 Å². The number of rotatable bonds is 16. The molecule has 0 radical (unpaired) electrons. The molecule has 0 bridgehead atoms. The molecule has 0 saturated carbocycles. The van der Waals surface area contributed by atoms with Gasteiger partial charge in [0.05, 0.1) is 19.5 Å². The molecule has 236 valence electrons. The fraction of sp³-hybridized carbons (Fsp3) is 0.632. The number of aldehydes is 1. The van der Waals surface area contributed by atoms with Crippen molar-refractivity contribution >= 4 is 54.2 Å². The molecule has 1 aliphatic heterocycles. The molecular weight excluding hydrogens is 629 g/mol. The van der Waals surface area contributed by atoms with E-state index in [1.165, 1.54) is 24.7 Å². The van der Waals surface area contributed by atoms with Gasteiger partial charge in [0.2, 0.25) is 5.91 Å². The second-order valence-electron chi connectivity index (χ2n) is 9.46. The lowest BCUT2D eigenvalue weighted by atomic mass is 9.87. The topological polar surface area (TPSA) is 300 Å². The number of aliphatic hydroxyl groups is 2. The number of carbonyl (C=O) groups is 2. The van der Waals surface area contributed by atoms with E-state index in [0.717, 1.165) is 6.33 Å². The SMILES string of the molecule is CC(C)(COP(O)OP(O)OCC1OC(n2cnc3c(N)ncnc32)C(O)C1OP(=O)(O)O)C(O)C(=O)NCCC=O. The van der Waals surface area contributed by atoms with Crippen LogP contribution in [0.1, 0.15) is 26.5 Å². The van der Waals surface area contributed by atoms with Crippen LogP contribution in [-0.4, -0.2) is 106 Å². The van der Waals surface area contributed by atoms with Gasteiger partial charge in [0.15, 0.2) is 17.7 Å². The Morgan fingerprint density at radius 2 is 1.98 bits per heavy atom. The molecule has 1 saturated heterocycles. The zero-order valence-electron chi connectivity index (χ0n) is 22.1. The first kappa shape index (κ1) is 34.6. The van der Waals surface area contributed by atoms with E-state index in [1.54, 1.807) is 0 Å². The average Bonchev–Trinajstić information content (AvgIpc) is 3.47. The van der Waals surface area contributed by atoms with Gasteiger partial charge in [0.1, 0.15) is 42.5 Å². The first-order valence-electron chi connectivity index (χ1n) is 12.0. The Bertz CT molecular complexity index is 1270. The second-order valence-corrected chi connectivity index (χ2v) is 12.8. The summed E-state index contributed by atoms with van der Waals surface area (Å²) >= 11 is 0. The van der Waals surface area contributed by atoms with E-state index in [0.29, 0.717) is 6.29 Å². The molecule has 7 atom stereocenters. The number of hydrogen-bond acceptors (Lipinski definition) is 16. The molecule has 42 heavy (non-hydrogen) atoms. The molecular formula is C19H31N6O14P3. The Labute approximate surface area is 240 Å². The number of hydrogen-bond donors (Lipinski definition) is 8. The largest absolute Gasteiger partial charge is 0.470 e. The zero-order chi connectivity index (χ0) is 31.2. The number of amides is 1. The second kappa shape index (κ2) is 14.7. The van der Waals surface area contributed by atoms with E-state index >= 15 is 0 Å². The van der Waals surface area contributed by atoms with E-state index in [-0.39, 0.29) is 29.9 Å². The first-order chi connectivity index (χ1) is 19.6. The number of imidazole rings is 1. The lowest BCUT2D eigenvalue weighted by Crippen LogP contribution is -2.46. The Balaban J connectivity index is 1.58. The maximum absolute atomic E-state index is 12.0. The summed E-state index contributed by atoms with van der Waals surface area (Å²) in [6, 6.07) is 0. The molecule has 1 aliphatic rings. The molecule has 2 aromatic rings. The van der Waals surface area contributed by atoms with Gasteiger partial charge in [-0.25, -0.2) is 23.8 Å². The van der Waals surface area contributed by atoms with Crippen LogP contribution in [0.3, 0.4) is 0 Å². The van der Waals surface area contributed by atoms with Crippen molar-refractivity contribution in [3.63, 3.8) is 0 Å². The van der Waals surface area contributed by atoms with Crippen LogP contribution >= 0.6 is 25.0 Å². The summed E-state index contributed by atoms with van der Waals surface area (Å²) in [7, 11) is -10.8. The molecule has 0 aromatic carbocycles. The summed E-state index contributed by atoms with van der Waals surface area (Å²) in [4.78, 5) is 73.1. The number of nitrogens with one attached hydrogen (secondary N) is 1. The Hall–Kier alpha value is -1.86. The van der Waals surface area contributed by atoms with Gasteiger partial charge < -0.3 is 59.4 Å². The smallest absolute Gasteiger partial charge is 0.386 e. The fourth-order valence-electron chi connectivity index (χ4n) is 3.68. The quantitative estimate of drug-likeness (QED) is 0.0591. The summed E-state index contributed by atoms with van der Waals surface area (Å²) in [6.45, 7) is 1.91. The van der Waals surface area contributed by atoms with Crippen LogP contribution in [0, 0.1) is 5.41 Å². The van der Waals surface area contributed by atoms with E-state index in [9.17, 15) is 43.9 Å². The number of nitrogens with two attached hydrogens (primary N) is 1. The number of carbonyl (C=O) groups excluding carboxylic acids is 2. The van der Waals surface area contributed by atoms with E-state index < -0.39 is 80.2 Å². The minimum Gasteiger partial charge on any atom is -0.386 e. The van der Waals surface area contributed by atoms with Gasteiger partial charge in [-0.15, -0.1) is 0 Å². The number of phosphoric ester groups is 1. The van der Waals surface area contributed by atoms with Crippen molar-refractivity contribution in [2.75, 3.05) is 25.5 Å². The first-order valence-corrected chi connectivity index (χ1v) is 15.8. The van der Waals surface area contributed by atoms with Crippen molar-refractivity contribution in [3.05, 3.63) is 12.7 Å². The highest BCUT2D eigenvalue weighted by Gasteiger charge is 2.49. The van der Waals surface area contributed by atoms with Gasteiger partial charge in [-0.2, -0.15) is 0 Å². The Morgan fingerprint density at radius 1 is 1.29 bits per heavy atom. The van der Waals surface area contributed by atoms with Gasteiger partial charge in [-0.3, -0.25) is 13.9 Å². The monoisotopic (exact) mass is 660 g/mol. The number of fused-ring (bicyclic) bond motifs is 1. The van der Waals surface area contributed by atoms with Crippen LogP contribution < -0.4 is 11.1 Å². The maximum atomic E-state index is 12.0. The van der Waals surface area contributed by atoms with E-state index in [1.807, 2.05) is 0 Å². The zero-order valence-corrected chi connectivity index (χ0v) is 24.8. The molecule has 9 N–H and O–H groups in total. The molecule has 23 heteroatoms. The molecule has 0 aliphatic carbocycles. The Kier molecular flexibility index (Phi) is 12.2. The van der Waals surface area contributed by atoms with Crippen LogP contribution in [0.25, 0.3) is 11.2 Å². The number of nitrogen functional groups attached to an aromatic ring is 1. The van der Waals surface area contributed by atoms with E-state index in [4.69, 9.17) is 28.4 Å². The summed E-state index contributed by atoms with van der Waals surface area (Å²) in [6.07, 6.45) is -4.62. The molecule has 1 amide bonds. The van der Waals surface area contributed by atoms with Crippen LogP contribution in [0.4, 0.5) is 5.82 Å². The standard InChI is InChI=1S/C19H31N6O14P3/c1-19(2,14(28)17(29)21-4-3-5-26)7-36-41(31)39-40(30)35-6-10-13(38-42(32,33)34)12(27)18(37-10)25-9-24-11-15(20)22-8-23-16(11)25/h5,8-10,12-14,18,27-28,30-31H,3-4,6-7H2,1-2H3,(H,21,29)(H2,20,22,23)(H2,32,33,34).